The molecule has 0 N–H and O–H groups in total. The Morgan fingerprint density at radius 3 is 1.82 bits per heavy atom. The summed E-state index contributed by atoms with van der Waals surface area (Å²) in [4.78, 5) is 10.3. The highest BCUT2D eigenvalue weighted by Crippen LogP contribution is 2.49. The van der Waals surface area contributed by atoms with Gasteiger partial charge >= 0.3 is 5.69 Å². The first-order valence-corrected chi connectivity index (χ1v) is 4.62. The van der Waals surface area contributed by atoms with Crippen molar-refractivity contribution in [3.63, 3.8) is 0 Å². The highest BCUT2D eigenvalue weighted by Gasteiger charge is 2.27. The van der Waals surface area contributed by atoms with Crippen LogP contribution in [-0.2, 0) is 0 Å². The number of hydrogen-bond donors (Lipinski definition) is 0. The molecule has 0 bridgehead atoms. The van der Waals surface area contributed by atoms with Crippen molar-refractivity contribution in [2.45, 2.75) is 0 Å². The summed E-state index contributed by atoms with van der Waals surface area (Å²) in [5.41, 5.74) is -0.248. The molecule has 0 atom stereocenters. The van der Waals surface area contributed by atoms with Crippen LogP contribution in [0.2, 0.25) is 0 Å². The van der Waals surface area contributed by atoms with Crippen LogP contribution in [-0.4, -0.2) is 33.4 Å². The minimum Gasteiger partial charge on any atom is -0.492 e. The van der Waals surface area contributed by atoms with Gasteiger partial charge in [0.2, 0.25) is 17.2 Å². The summed E-state index contributed by atoms with van der Waals surface area (Å²) in [5.74, 6) is 0.575. The maximum atomic E-state index is 10.9. The van der Waals surface area contributed by atoms with Gasteiger partial charge < -0.3 is 18.9 Å². The average Bonchev–Trinajstić information content (AvgIpc) is 2.35. The number of rotatable bonds is 5. The third-order valence-electron chi connectivity index (χ3n) is 2.17. The molecule has 94 valence electrons. The van der Waals surface area contributed by atoms with E-state index in [2.05, 4.69) is 0 Å². The predicted octanol–water partition coefficient (Wildman–Crippen LogP) is 1.63. The summed E-state index contributed by atoms with van der Waals surface area (Å²) < 4.78 is 20.1. The molecule has 0 aliphatic carbocycles. The lowest BCUT2D eigenvalue weighted by molar-refractivity contribution is -0.385. The van der Waals surface area contributed by atoms with E-state index in [9.17, 15) is 10.1 Å². The van der Waals surface area contributed by atoms with E-state index in [0.29, 0.717) is 0 Å². The normalized spacial score (nSPS) is 9.65. The molecule has 0 fully saturated rings. The monoisotopic (exact) mass is 243 g/mol. The smallest absolute Gasteiger partial charge is 0.318 e. The van der Waals surface area contributed by atoms with Gasteiger partial charge in [-0.2, -0.15) is 0 Å². The average molecular weight is 243 g/mol. The Balaban J connectivity index is 3.60. The van der Waals surface area contributed by atoms with Crippen molar-refractivity contribution in [1.29, 1.82) is 0 Å². The fraction of sp³-hybridized carbons (Fsp3) is 0.400. The van der Waals surface area contributed by atoms with Gasteiger partial charge in [-0.1, -0.05) is 0 Å². The van der Waals surface area contributed by atoms with Crippen molar-refractivity contribution >= 4 is 5.69 Å². The van der Waals surface area contributed by atoms with E-state index in [-0.39, 0.29) is 28.7 Å². The minimum absolute atomic E-state index is 0.00449. The summed E-state index contributed by atoms with van der Waals surface area (Å²) in [6.07, 6.45) is 0. The quantitative estimate of drug-likeness (QED) is 0.577. The molecule has 0 heterocycles. The van der Waals surface area contributed by atoms with E-state index in [4.69, 9.17) is 18.9 Å². The number of nitro benzene ring substituents is 1. The lowest BCUT2D eigenvalue weighted by Crippen LogP contribution is -2.01. The Labute approximate surface area is 98.0 Å². The van der Waals surface area contributed by atoms with E-state index >= 15 is 0 Å². The summed E-state index contributed by atoms with van der Waals surface area (Å²) in [6.45, 7) is 0. The van der Waals surface area contributed by atoms with Crippen LogP contribution >= 0.6 is 0 Å². The molecule has 0 saturated carbocycles. The van der Waals surface area contributed by atoms with Crippen LogP contribution in [0.15, 0.2) is 6.07 Å². The van der Waals surface area contributed by atoms with Crippen molar-refractivity contribution in [3.8, 4) is 23.0 Å². The summed E-state index contributed by atoms with van der Waals surface area (Å²) in [7, 11) is 5.47. The molecule has 1 aromatic carbocycles. The number of nitro groups is 1. The third kappa shape index (κ3) is 2.17. The van der Waals surface area contributed by atoms with Crippen molar-refractivity contribution in [1.82, 2.24) is 0 Å². The minimum atomic E-state index is -0.580. The van der Waals surface area contributed by atoms with Crippen LogP contribution < -0.4 is 18.9 Å². The molecule has 7 nitrogen and oxygen atoms in total. The molecule has 0 spiro atoms. The Bertz CT molecular complexity index is 431. The maximum Gasteiger partial charge on any atom is 0.318 e. The molecule has 0 aromatic heterocycles. The van der Waals surface area contributed by atoms with Gasteiger partial charge in [-0.05, 0) is 0 Å². The van der Waals surface area contributed by atoms with Crippen molar-refractivity contribution in [3.05, 3.63) is 16.2 Å². The Morgan fingerprint density at radius 2 is 1.47 bits per heavy atom. The molecule has 7 heteroatoms. The number of hydrogen-bond acceptors (Lipinski definition) is 6. The van der Waals surface area contributed by atoms with Crippen LogP contribution in [0.3, 0.4) is 0 Å². The molecular weight excluding hydrogens is 230 g/mol. The highest BCUT2D eigenvalue weighted by atomic mass is 16.6. The van der Waals surface area contributed by atoms with E-state index in [1.807, 2.05) is 0 Å². The fourth-order valence-corrected chi connectivity index (χ4v) is 1.45. The number of benzene rings is 1. The zero-order valence-electron chi connectivity index (χ0n) is 9.97. The third-order valence-corrected chi connectivity index (χ3v) is 2.17. The zero-order chi connectivity index (χ0) is 13.0. The van der Waals surface area contributed by atoms with Crippen molar-refractivity contribution < 1.29 is 23.9 Å². The molecule has 17 heavy (non-hydrogen) atoms. The van der Waals surface area contributed by atoms with E-state index in [1.54, 1.807) is 0 Å². The van der Waals surface area contributed by atoms with Gasteiger partial charge in [-0.15, -0.1) is 0 Å². The molecule has 0 radical (unpaired) electrons. The first-order valence-electron chi connectivity index (χ1n) is 4.62. The standard InChI is InChI=1S/C10H13NO6/c1-14-7-5-6(11(12)13)8(15-2)10(17-4)9(7)16-3/h5H,1-4H3. The predicted molar refractivity (Wildman–Crippen MR) is 59.3 cm³/mol. The van der Waals surface area contributed by atoms with Gasteiger partial charge in [-0.25, -0.2) is 0 Å². The second-order valence-corrected chi connectivity index (χ2v) is 2.95. The first-order chi connectivity index (χ1) is 8.10. The van der Waals surface area contributed by atoms with Crippen molar-refractivity contribution in [2.75, 3.05) is 28.4 Å². The van der Waals surface area contributed by atoms with Gasteiger partial charge in [0.05, 0.1) is 39.4 Å². The Kier molecular flexibility index (Phi) is 3.97. The molecule has 0 unspecified atom stereocenters. The van der Waals surface area contributed by atoms with Crippen LogP contribution in [0.25, 0.3) is 0 Å². The lowest BCUT2D eigenvalue weighted by Gasteiger charge is -2.14. The molecular formula is C10H13NO6. The topological polar surface area (TPSA) is 80.1 Å². The van der Waals surface area contributed by atoms with Crippen LogP contribution in [0, 0.1) is 10.1 Å². The number of nitrogens with zero attached hydrogens (tertiary/aromatic N) is 1. The largest absolute Gasteiger partial charge is 0.492 e. The van der Waals surface area contributed by atoms with Crippen LogP contribution in [0.1, 0.15) is 0 Å². The Morgan fingerprint density at radius 1 is 0.941 bits per heavy atom. The van der Waals surface area contributed by atoms with E-state index in [1.165, 1.54) is 34.5 Å². The van der Waals surface area contributed by atoms with Gasteiger partial charge in [-0.3, -0.25) is 10.1 Å². The van der Waals surface area contributed by atoms with E-state index in [0.717, 1.165) is 0 Å². The molecule has 0 aliphatic heterocycles. The molecule has 1 rings (SSSR count). The maximum absolute atomic E-state index is 10.9. The second-order valence-electron chi connectivity index (χ2n) is 2.95. The Hall–Kier alpha value is -2.18. The van der Waals surface area contributed by atoms with Gasteiger partial charge in [0, 0.05) is 0 Å². The highest BCUT2D eigenvalue weighted by molar-refractivity contribution is 5.68. The summed E-state index contributed by atoms with van der Waals surface area (Å²) in [6, 6.07) is 1.22. The summed E-state index contributed by atoms with van der Waals surface area (Å²) in [5, 5.41) is 10.9. The molecule has 0 saturated heterocycles. The number of methoxy groups -OCH3 is 4. The van der Waals surface area contributed by atoms with Gasteiger partial charge in [0.25, 0.3) is 0 Å². The SMILES string of the molecule is COc1cc([N+](=O)[O-])c(OC)c(OC)c1OC. The van der Waals surface area contributed by atoms with Gasteiger partial charge in [0.1, 0.15) is 0 Å². The fourth-order valence-electron chi connectivity index (χ4n) is 1.45. The van der Waals surface area contributed by atoms with E-state index < -0.39 is 4.92 Å². The summed E-state index contributed by atoms with van der Waals surface area (Å²) >= 11 is 0. The van der Waals surface area contributed by atoms with Crippen molar-refractivity contribution in [2.24, 2.45) is 0 Å². The van der Waals surface area contributed by atoms with Gasteiger partial charge in [0.15, 0.2) is 5.75 Å². The number of ether oxygens (including phenoxy) is 4. The van der Waals surface area contributed by atoms with Crippen LogP contribution in [0.4, 0.5) is 5.69 Å². The van der Waals surface area contributed by atoms with Crippen LogP contribution in [0.5, 0.6) is 23.0 Å². The molecule has 0 amide bonds. The molecule has 1 aromatic rings. The second kappa shape index (κ2) is 5.24. The lowest BCUT2D eigenvalue weighted by atomic mass is 10.2. The molecule has 0 aliphatic rings. The first kappa shape index (κ1) is 12.9. The zero-order valence-corrected chi connectivity index (χ0v) is 9.97.